The molecule has 0 amide bonds. The van der Waals surface area contributed by atoms with Gasteiger partial charge in [-0.2, -0.15) is 0 Å². The molecule has 3 aromatic carbocycles. The summed E-state index contributed by atoms with van der Waals surface area (Å²) in [6.07, 6.45) is 6.21. The van der Waals surface area contributed by atoms with Crippen LogP contribution in [0.2, 0.25) is 0 Å². The van der Waals surface area contributed by atoms with Crippen LogP contribution < -0.4 is 9.62 Å². The van der Waals surface area contributed by atoms with Gasteiger partial charge in [-0.15, -0.1) is 0 Å². The molecule has 6 rings (SSSR count). The number of benzene rings is 3. The van der Waals surface area contributed by atoms with Crippen molar-refractivity contribution in [2.24, 2.45) is 5.92 Å². The Morgan fingerprint density at radius 2 is 1.81 bits per heavy atom. The van der Waals surface area contributed by atoms with Crippen molar-refractivity contribution in [1.29, 1.82) is 0 Å². The average Bonchev–Trinajstić information content (AvgIpc) is 3.47. The molecule has 4 nitrogen and oxygen atoms in total. The van der Waals surface area contributed by atoms with Crippen LogP contribution in [0, 0.1) is 5.92 Å². The molecule has 6 heteroatoms. The highest BCUT2D eigenvalue weighted by Gasteiger charge is 2.39. The Morgan fingerprint density at radius 3 is 2.66 bits per heavy atom. The third kappa shape index (κ3) is 3.11. The molecule has 0 spiro atoms. The molecule has 0 saturated heterocycles. The SMILES string of the molecule is O=S(=O)(c1ccc2c(c1)C1C=CCC1C(c1ccc(Br)cc1)N2)N1CCc2ccccc21. The maximum absolute atomic E-state index is 13.6. The quantitative estimate of drug-likeness (QED) is 0.441. The molecule has 0 aromatic heterocycles. The zero-order valence-corrected chi connectivity index (χ0v) is 19.8. The minimum absolute atomic E-state index is 0.198. The molecule has 0 radical (unpaired) electrons. The lowest BCUT2D eigenvalue weighted by Gasteiger charge is -2.38. The molecule has 1 aliphatic carbocycles. The van der Waals surface area contributed by atoms with E-state index in [9.17, 15) is 8.42 Å². The number of nitrogens with one attached hydrogen (secondary N) is 1. The molecule has 162 valence electrons. The summed E-state index contributed by atoms with van der Waals surface area (Å²) in [5, 5.41) is 3.70. The van der Waals surface area contributed by atoms with Gasteiger partial charge in [0.25, 0.3) is 10.0 Å². The number of hydrogen-bond acceptors (Lipinski definition) is 3. The van der Waals surface area contributed by atoms with Gasteiger partial charge in [0.15, 0.2) is 0 Å². The van der Waals surface area contributed by atoms with Gasteiger partial charge < -0.3 is 5.32 Å². The number of halogens is 1. The van der Waals surface area contributed by atoms with E-state index >= 15 is 0 Å². The fourth-order valence-corrected chi connectivity index (χ4v) is 7.22. The van der Waals surface area contributed by atoms with E-state index < -0.39 is 10.0 Å². The topological polar surface area (TPSA) is 49.4 Å². The van der Waals surface area contributed by atoms with Crippen LogP contribution >= 0.6 is 15.9 Å². The van der Waals surface area contributed by atoms with E-state index in [0.717, 1.165) is 39.8 Å². The number of sulfonamides is 1. The minimum atomic E-state index is -3.61. The number of rotatable bonds is 3. The van der Waals surface area contributed by atoms with Crippen molar-refractivity contribution in [2.75, 3.05) is 16.2 Å². The van der Waals surface area contributed by atoms with Gasteiger partial charge in [-0.25, -0.2) is 8.42 Å². The van der Waals surface area contributed by atoms with E-state index in [1.165, 1.54) is 5.56 Å². The minimum Gasteiger partial charge on any atom is -0.378 e. The smallest absolute Gasteiger partial charge is 0.264 e. The monoisotopic (exact) mass is 506 g/mol. The first kappa shape index (κ1) is 20.1. The molecule has 3 aliphatic rings. The standard InChI is InChI=1S/C26H23BrN2O2S/c27-19-10-8-18(9-11-19)26-22-6-3-5-21(22)23-16-20(12-13-24(23)28-26)32(30,31)29-15-14-17-4-1-2-7-25(17)29/h1-5,7-13,16,21-22,26,28H,6,14-15H2. The molecule has 2 heterocycles. The fourth-order valence-electron chi connectivity index (χ4n) is 5.42. The van der Waals surface area contributed by atoms with Crippen LogP contribution in [0.5, 0.6) is 0 Å². The van der Waals surface area contributed by atoms with Crippen LogP contribution in [0.15, 0.2) is 88.3 Å². The maximum Gasteiger partial charge on any atom is 0.264 e. The largest absolute Gasteiger partial charge is 0.378 e. The van der Waals surface area contributed by atoms with Crippen molar-refractivity contribution >= 4 is 37.3 Å². The van der Waals surface area contributed by atoms with E-state index in [1.54, 1.807) is 10.4 Å². The van der Waals surface area contributed by atoms with Gasteiger partial charge in [0, 0.05) is 22.6 Å². The van der Waals surface area contributed by atoms with Gasteiger partial charge >= 0.3 is 0 Å². The van der Waals surface area contributed by atoms with Gasteiger partial charge in [0.05, 0.1) is 16.6 Å². The summed E-state index contributed by atoms with van der Waals surface area (Å²) in [4.78, 5) is 0.371. The Hall–Kier alpha value is -2.57. The number of fused-ring (bicyclic) bond motifs is 4. The maximum atomic E-state index is 13.6. The van der Waals surface area contributed by atoms with Gasteiger partial charge in [-0.3, -0.25) is 4.31 Å². The second-order valence-electron chi connectivity index (χ2n) is 8.73. The molecule has 0 saturated carbocycles. The molecule has 32 heavy (non-hydrogen) atoms. The Bertz CT molecular complexity index is 1330. The second-order valence-corrected chi connectivity index (χ2v) is 11.5. The van der Waals surface area contributed by atoms with Crippen molar-refractivity contribution in [3.63, 3.8) is 0 Å². The van der Waals surface area contributed by atoms with Crippen LogP contribution in [0.3, 0.4) is 0 Å². The van der Waals surface area contributed by atoms with Gasteiger partial charge in [-0.05, 0) is 71.8 Å². The van der Waals surface area contributed by atoms with E-state index in [-0.39, 0.29) is 12.0 Å². The van der Waals surface area contributed by atoms with E-state index in [1.807, 2.05) is 36.4 Å². The fraction of sp³-hybridized carbons (Fsp3) is 0.231. The number of para-hydroxylation sites is 1. The Labute approximate surface area is 197 Å². The molecule has 0 fully saturated rings. The molecular formula is C26H23BrN2O2S. The first-order chi connectivity index (χ1) is 15.5. The predicted octanol–water partition coefficient (Wildman–Crippen LogP) is 6.03. The van der Waals surface area contributed by atoms with Crippen LogP contribution in [-0.4, -0.2) is 15.0 Å². The lowest BCUT2D eigenvalue weighted by Crippen LogP contribution is -2.31. The normalized spacial score (nSPS) is 23.4. The summed E-state index contributed by atoms with van der Waals surface area (Å²) >= 11 is 3.52. The zero-order valence-electron chi connectivity index (χ0n) is 17.4. The van der Waals surface area contributed by atoms with Gasteiger partial charge in [-0.1, -0.05) is 58.4 Å². The number of nitrogens with zero attached hydrogens (tertiary/aromatic N) is 1. The van der Waals surface area contributed by atoms with Crippen LogP contribution in [-0.2, 0) is 16.4 Å². The lowest BCUT2D eigenvalue weighted by atomic mass is 9.77. The predicted molar refractivity (Wildman–Crippen MR) is 132 cm³/mol. The molecule has 3 atom stereocenters. The van der Waals surface area contributed by atoms with Crippen molar-refractivity contribution in [2.45, 2.75) is 29.7 Å². The number of hydrogen-bond donors (Lipinski definition) is 1. The average molecular weight is 507 g/mol. The molecular weight excluding hydrogens is 484 g/mol. The zero-order chi connectivity index (χ0) is 21.9. The third-order valence-electron chi connectivity index (χ3n) is 7.00. The lowest BCUT2D eigenvalue weighted by molar-refractivity contribution is 0.425. The highest BCUT2D eigenvalue weighted by atomic mass is 79.9. The number of allylic oxidation sites excluding steroid dienone is 2. The highest BCUT2D eigenvalue weighted by molar-refractivity contribution is 9.10. The number of anilines is 2. The Morgan fingerprint density at radius 1 is 1.00 bits per heavy atom. The summed E-state index contributed by atoms with van der Waals surface area (Å²) < 4.78 is 29.8. The van der Waals surface area contributed by atoms with E-state index in [0.29, 0.717) is 17.4 Å². The van der Waals surface area contributed by atoms with E-state index in [4.69, 9.17) is 0 Å². The van der Waals surface area contributed by atoms with E-state index in [2.05, 4.69) is 57.7 Å². The summed E-state index contributed by atoms with van der Waals surface area (Å²) in [5.74, 6) is 0.579. The summed E-state index contributed by atoms with van der Waals surface area (Å²) in [5.41, 5.74) is 5.24. The second kappa shape index (κ2) is 7.49. The summed E-state index contributed by atoms with van der Waals surface area (Å²) in [6, 6.07) is 22.0. The first-order valence-corrected chi connectivity index (χ1v) is 13.2. The first-order valence-electron chi connectivity index (χ1n) is 11.0. The molecule has 0 bridgehead atoms. The Kier molecular flexibility index (Phi) is 4.70. The van der Waals surface area contributed by atoms with Crippen molar-refractivity contribution in [3.8, 4) is 0 Å². The summed E-state index contributed by atoms with van der Waals surface area (Å²) in [6.45, 7) is 0.495. The summed E-state index contributed by atoms with van der Waals surface area (Å²) in [7, 11) is -3.61. The van der Waals surface area contributed by atoms with Gasteiger partial charge in [0.1, 0.15) is 0 Å². The Balaban J connectivity index is 1.38. The van der Waals surface area contributed by atoms with Crippen LogP contribution in [0.25, 0.3) is 0 Å². The molecule has 2 aliphatic heterocycles. The van der Waals surface area contributed by atoms with Crippen LogP contribution in [0.4, 0.5) is 11.4 Å². The van der Waals surface area contributed by atoms with Crippen molar-refractivity contribution < 1.29 is 8.42 Å². The van der Waals surface area contributed by atoms with Gasteiger partial charge in [0.2, 0.25) is 0 Å². The highest BCUT2D eigenvalue weighted by Crippen LogP contribution is 2.50. The molecule has 1 N–H and O–H groups in total. The van der Waals surface area contributed by atoms with Crippen molar-refractivity contribution in [1.82, 2.24) is 0 Å². The molecule has 3 unspecified atom stereocenters. The van der Waals surface area contributed by atoms with Crippen molar-refractivity contribution in [3.05, 3.63) is 100 Å². The van der Waals surface area contributed by atoms with Crippen LogP contribution in [0.1, 0.15) is 35.1 Å². The molecule has 3 aromatic rings. The third-order valence-corrected chi connectivity index (χ3v) is 9.33.